The van der Waals surface area contributed by atoms with Crippen LogP contribution < -0.4 is 4.90 Å². The zero-order valence-electron chi connectivity index (χ0n) is 22.5. The van der Waals surface area contributed by atoms with Gasteiger partial charge in [0.05, 0.1) is 24.1 Å². The normalized spacial score (nSPS) is 22.4. The van der Waals surface area contributed by atoms with Crippen molar-refractivity contribution in [2.75, 3.05) is 31.1 Å². The summed E-state index contributed by atoms with van der Waals surface area (Å²) in [7, 11) is 0. The Kier molecular flexibility index (Phi) is 5.99. The fourth-order valence-corrected chi connectivity index (χ4v) is 6.96. The second-order valence-corrected chi connectivity index (χ2v) is 12.1. The van der Waals surface area contributed by atoms with E-state index in [-0.39, 0.29) is 12.8 Å². The summed E-state index contributed by atoms with van der Waals surface area (Å²) in [5, 5.41) is 0. The molecule has 6 heterocycles. The molecule has 0 aromatic carbocycles. The van der Waals surface area contributed by atoms with Crippen molar-refractivity contribution in [1.29, 1.82) is 0 Å². The lowest BCUT2D eigenvalue weighted by Gasteiger charge is -2.54. The molecule has 1 aliphatic carbocycles. The van der Waals surface area contributed by atoms with E-state index in [1.807, 2.05) is 22.9 Å². The van der Waals surface area contributed by atoms with Crippen molar-refractivity contribution in [3.05, 3.63) is 72.1 Å². The summed E-state index contributed by atoms with van der Waals surface area (Å²) in [6.07, 6.45) is 19.1. The van der Waals surface area contributed by atoms with Gasteiger partial charge in [-0.1, -0.05) is 31.9 Å². The Morgan fingerprint density at radius 3 is 2.51 bits per heavy atom. The highest BCUT2D eigenvalue weighted by Gasteiger charge is 2.44. The van der Waals surface area contributed by atoms with Crippen molar-refractivity contribution in [1.82, 2.24) is 24.2 Å². The summed E-state index contributed by atoms with van der Waals surface area (Å²) < 4.78 is 29.1. The molecule has 3 fully saturated rings. The summed E-state index contributed by atoms with van der Waals surface area (Å²) in [6.45, 7) is 8.86. The van der Waals surface area contributed by atoms with E-state index in [0.29, 0.717) is 31.6 Å². The number of likely N-dealkylation sites (tertiary alicyclic amines) is 1. The first kappa shape index (κ1) is 24.8. The van der Waals surface area contributed by atoms with Crippen molar-refractivity contribution in [3.8, 4) is 0 Å². The second-order valence-electron chi connectivity index (χ2n) is 12.1. The van der Waals surface area contributed by atoms with Crippen LogP contribution in [-0.4, -0.2) is 56.3 Å². The first-order chi connectivity index (χ1) is 18.9. The van der Waals surface area contributed by atoms with E-state index in [0.717, 1.165) is 41.3 Å². The molecular weight excluding hydrogens is 494 g/mol. The summed E-state index contributed by atoms with van der Waals surface area (Å²) in [4.78, 5) is 16.2. The average Bonchev–Trinajstić information content (AvgIpc) is 3.32. The minimum atomic E-state index is -2.52. The number of hydrogen-bond acceptors (Lipinski definition) is 5. The van der Waals surface area contributed by atoms with Gasteiger partial charge in [0.15, 0.2) is 0 Å². The van der Waals surface area contributed by atoms with Crippen molar-refractivity contribution < 1.29 is 8.78 Å². The number of pyridine rings is 2. The molecular formula is C31H36F2N6. The standard InChI is InChI=1S/C31H36F2N6/c1-23-27-15-34-16-28(39-21-30(22-39)8-3-2-4-9-30)26(27)7-12-37(23)19-25-20-38-18-24(5-6-29(38)35-25)17-36-13-10-31(32,33)11-14-36/h5-7,12,15-16,18,20H,1-4,8-11,13-14,17,19,21-22H2. The minimum Gasteiger partial charge on any atom is -0.369 e. The Labute approximate surface area is 228 Å². The van der Waals surface area contributed by atoms with Gasteiger partial charge in [-0.2, -0.15) is 0 Å². The van der Waals surface area contributed by atoms with Gasteiger partial charge in [0.1, 0.15) is 5.65 Å². The monoisotopic (exact) mass is 530 g/mol. The number of aromatic nitrogens is 3. The predicted molar refractivity (Wildman–Crippen MR) is 150 cm³/mol. The van der Waals surface area contributed by atoms with Gasteiger partial charge in [-0.05, 0) is 30.5 Å². The number of rotatable bonds is 5. The molecule has 0 atom stereocenters. The van der Waals surface area contributed by atoms with Gasteiger partial charge in [-0.15, -0.1) is 0 Å². The van der Waals surface area contributed by atoms with E-state index in [9.17, 15) is 8.78 Å². The Morgan fingerprint density at radius 2 is 1.72 bits per heavy atom. The third kappa shape index (κ3) is 4.73. The molecule has 4 aliphatic rings. The number of alkyl halides is 2. The summed E-state index contributed by atoms with van der Waals surface area (Å²) in [6, 6.07) is 4.06. The number of nitrogens with zero attached hydrogens (tertiary/aromatic N) is 6. The van der Waals surface area contributed by atoms with E-state index < -0.39 is 5.92 Å². The number of anilines is 1. The molecule has 1 saturated carbocycles. The van der Waals surface area contributed by atoms with Crippen LogP contribution in [-0.2, 0) is 13.1 Å². The molecule has 2 saturated heterocycles. The molecule has 39 heavy (non-hydrogen) atoms. The van der Waals surface area contributed by atoms with Gasteiger partial charge in [-0.3, -0.25) is 9.88 Å². The molecule has 3 aromatic heterocycles. The van der Waals surface area contributed by atoms with Gasteiger partial charge in [-0.25, -0.2) is 13.8 Å². The first-order valence-electron chi connectivity index (χ1n) is 14.3. The van der Waals surface area contributed by atoms with Crippen molar-refractivity contribution in [2.24, 2.45) is 5.41 Å². The van der Waals surface area contributed by atoms with Crippen LogP contribution in [0.15, 0.2) is 49.7 Å². The Hall–Kier alpha value is -3.26. The molecule has 3 aromatic rings. The van der Waals surface area contributed by atoms with Crippen LogP contribution in [0.4, 0.5) is 14.5 Å². The molecule has 0 N–H and O–H groups in total. The summed E-state index contributed by atoms with van der Waals surface area (Å²) in [5.41, 5.74) is 7.91. The summed E-state index contributed by atoms with van der Waals surface area (Å²) in [5.74, 6) is -2.52. The lowest BCUT2D eigenvalue weighted by molar-refractivity contribution is -0.0566. The number of halogens is 2. The number of imidazole rings is 1. The quantitative estimate of drug-likeness (QED) is 0.394. The van der Waals surface area contributed by atoms with Gasteiger partial charge >= 0.3 is 0 Å². The molecule has 1 spiro atoms. The highest BCUT2D eigenvalue weighted by Crippen LogP contribution is 2.47. The largest absolute Gasteiger partial charge is 0.369 e. The number of hydrogen-bond donors (Lipinski definition) is 0. The second kappa shape index (κ2) is 9.44. The smallest absolute Gasteiger partial charge is 0.250 e. The van der Waals surface area contributed by atoms with Crippen molar-refractivity contribution in [3.63, 3.8) is 0 Å². The molecule has 8 heteroatoms. The fraction of sp³-hybridized carbons (Fsp3) is 0.484. The first-order valence-corrected chi connectivity index (χ1v) is 14.3. The van der Waals surface area contributed by atoms with Crippen LogP contribution in [0.25, 0.3) is 17.4 Å². The zero-order chi connectivity index (χ0) is 26.6. The number of fused-ring (bicyclic) bond motifs is 2. The van der Waals surface area contributed by atoms with Gasteiger partial charge in [0.25, 0.3) is 5.92 Å². The molecule has 0 bridgehead atoms. The van der Waals surface area contributed by atoms with Crippen molar-refractivity contribution >= 4 is 23.1 Å². The maximum atomic E-state index is 13.5. The highest BCUT2D eigenvalue weighted by atomic mass is 19.3. The van der Waals surface area contributed by atoms with E-state index in [1.165, 1.54) is 43.4 Å². The molecule has 0 amide bonds. The predicted octanol–water partition coefficient (Wildman–Crippen LogP) is 6.19. The van der Waals surface area contributed by atoms with Crippen LogP contribution in [0.3, 0.4) is 0 Å². The Bertz CT molecular complexity index is 1420. The van der Waals surface area contributed by atoms with E-state index in [1.54, 1.807) is 0 Å². The Balaban J connectivity index is 1.04. The third-order valence-electron chi connectivity index (χ3n) is 9.24. The minimum absolute atomic E-state index is 0.0589. The zero-order valence-corrected chi connectivity index (χ0v) is 22.5. The van der Waals surface area contributed by atoms with Crippen LogP contribution in [0.1, 0.15) is 67.3 Å². The van der Waals surface area contributed by atoms with Gasteiger partial charge < -0.3 is 14.2 Å². The molecule has 3 aliphatic heterocycles. The summed E-state index contributed by atoms with van der Waals surface area (Å²) >= 11 is 0. The molecule has 7 rings (SSSR count). The topological polar surface area (TPSA) is 39.9 Å². The van der Waals surface area contributed by atoms with Gasteiger partial charge in [0, 0.05) is 92.6 Å². The lowest BCUT2D eigenvalue weighted by Crippen LogP contribution is -2.57. The van der Waals surface area contributed by atoms with E-state index >= 15 is 0 Å². The average molecular weight is 531 g/mol. The molecule has 204 valence electrons. The van der Waals surface area contributed by atoms with Crippen LogP contribution in [0.5, 0.6) is 0 Å². The van der Waals surface area contributed by atoms with Gasteiger partial charge in [0.2, 0.25) is 0 Å². The van der Waals surface area contributed by atoms with Crippen molar-refractivity contribution in [2.45, 2.75) is 64.0 Å². The molecule has 6 nitrogen and oxygen atoms in total. The van der Waals surface area contributed by atoms with Crippen LogP contribution in [0.2, 0.25) is 0 Å². The molecule has 0 unspecified atom stereocenters. The number of piperidine rings is 1. The van der Waals surface area contributed by atoms with Crippen LogP contribution >= 0.6 is 0 Å². The van der Waals surface area contributed by atoms with Crippen LogP contribution in [0, 0.1) is 5.41 Å². The molecule has 0 radical (unpaired) electrons. The lowest BCUT2D eigenvalue weighted by atomic mass is 9.68. The van der Waals surface area contributed by atoms with E-state index in [2.05, 4.69) is 57.0 Å². The fourth-order valence-electron chi connectivity index (χ4n) is 6.96. The Morgan fingerprint density at radius 1 is 0.923 bits per heavy atom. The third-order valence-corrected chi connectivity index (χ3v) is 9.24. The van der Waals surface area contributed by atoms with E-state index in [4.69, 9.17) is 4.98 Å². The highest BCUT2D eigenvalue weighted by molar-refractivity contribution is 5.83. The maximum Gasteiger partial charge on any atom is 0.250 e. The maximum absolute atomic E-state index is 13.5. The SMILES string of the molecule is C=C1c2cncc(N3CC4(CCCCC4)C3)c2C=CN1Cc1cn2cc(CN3CCC(F)(F)CC3)ccc2n1.